The lowest BCUT2D eigenvalue weighted by molar-refractivity contribution is -0.394. The summed E-state index contributed by atoms with van der Waals surface area (Å²) in [5.41, 5.74) is 3.94. The number of allylic oxidation sites excluding steroid dienone is 5. The van der Waals surface area contributed by atoms with Gasteiger partial charge in [0.15, 0.2) is 23.1 Å². The lowest BCUT2D eigenvalue weighted by Crippen LogP contribution is -2.45. The first-order valence-electron chi connectivity index (χ1n) is 18.0. The van der Waals surface area contributed by atoms with E-state index in [1.807, 2.05) is 24.3 Å². The molecule has 6 rings (SSSR count). The number of rotatable bonds is 12. The third kappa shape index (κ3) is 7.51. The van der Waals surface area contributed by atoms with Gasteiger partial charge in [-0.25, -0.2) is 0 Å². The van der Waals surface area contributed by atoms with Crippen LogP contribution in [-0.2, 0) is 22.4 Å². The van der Waals surface area contributed by atoms with Gasteiger partial charge >= 0.3 is 5.69 Å². The maximum Gasteiger partial charge on any atom is 0.318 e. The number of nitro groups is 2. The van der Waals surface area contributed by atoms with Crippen LogP contribution in [-0.4, -0.2) is 39.5 Å². The summed E-state index contributed by atoms with van der Waals surface area (Å²) in [4.78, 5) is 53.2. The van der Waals surface area contributed by atoms with E-state index >= 15 is 0 Å². The zero-order chi connectivity index (χ0) is 38.2. The molecule has 3 aliphatic rings. The number of ether oxygens (including phenoxy) is 2. The van der Waals surface area contributed by atoms with Crippen LogP contribution in [0.25, 0.3) is 0 Å². The van der Waals surface area contributed by atoms with Crippen LogP contribution in [0.3, 0.4) is 0 Å². The number of non-ortho nitro benzene ring substituents is 1. The summed E-state index contributed by atoms with van der Waals surface area (Å²) >= 11 is 0. The number of ketones is 2. The van der Waals surface area contributed by atoms with Crippen LogP contribution in [0.2, 0.25) is 0 Å². The second-order valence-corrected chi connectivity index (χ2v) is 15.6. The van der Waals surface area contributed by atoms with Gasteiger partial charge in [0.1, 0.15) is 0 Å². The van der Waals surface area contributed by atoms with Crippen molar-refractivity contribution in [1.29, 1.82) is 0 Å². The molecular weight excluding hydrogens is 674 g/mol. The van der Waals surface area contributed by atoms with E-state index in [1.54, 1.807) is 19.1 Å². The predicted molar refractivity (Wildman–Crippen MR) is 201 cm³/mol. The van der Waals surface area contributed by atoms with Gasteiger partial charge in [-0.3, -0.25) is 29.8 Å². The molecule has 3 aromatic rings. The first kappa shape index (κ1) is 37.2. The minimum Gasteiger partial charge on any atom is -0.490 e. The number of nitrogens with zero attached hydrogens (tertiary/aromatic N) is 3. The van der Waals surface area contributed by atoms with Crippen LogP contribution in [0.5, 0.6) is 17.2 Å². The molecule has 1 aliphatic heterocycles. The Morgan fingerprint density at radius 3 is 2.02 bits per heavy atom. The number of nitro benzene ring substituents is 2. The second-order valence-electron chi connectivity index (χ2n) is 15.6. The van der Waals surface area contributed by atoms with Crippen molar-refractivity contribution in [1.82, 2.24) is 4.90 Å². The van der Waals surface area contributed by atoms with Crippen molar-refractivity contribution in [3.63, 3.8) is 0 Å². The summed E-state index contributed by atoms with van der Waals surface area (Å²) in [5.74, 6) is -0.414. The molecule has 2 aliphatic carbocycles. The monoisotopic (exact) mass is 719 g/mol. The van der Waals surface area contributed by atoms with E-state index in [-0.39, 0.29) is 52.7 Å². The Bertz CT molecular complexity index is 2020. The molecule has 0 N–H and O–H groups in total. The van der Waals surface area contributed by atoms with Gasteiger partial charge in [-0.05, 0) is 66.7 Å². The lowest BCUT2D eigenvalue weighted by Gasteiger charge is -2.49. The molecule has 0 amide bonds. The fourth-order valence-corrected chi connectivity index (χ4v) is 8.03. The fraction of sp³-hybridized carbons (Fsp3) is 0.381. The molecule has 0 fully saturated rings. The van der Waals surface area contributed by atoms with E-state index in [2.05, 4.69) is 51.3 Å². The molecule has 3 aromatic carbocycles. The van der Waals surface area contributed by atoms with E-state index in [1.165, 1.54) is 11.6 Å². The van der Waals surface area contributed by atoms with Crippen molar-refractivity contribution in [3.8, 4) is 17.2 Å². The maximum atomic E-state index is 14.5. The quantitative estimate of drug-likeness (QED) is 0.102. The highest BCUT2D eigenvalue weighted by Gasteiger charge is 2.49. The molecule has 0 atom stereocenters. The zero-order valence-corrected chi connectivity index (χ0v) is 30.9. The topological polar surface area (TPSA) is 142 Å². The molecule has 1 heterocycles. The summed E-state index contributed by atoms with van der Waals surface area (Å²) in [5, 5.41) is 23.4. The molecule has 0 saturated carbocycles. The SMILES string of the molecule is C=CCc1cc(C2C3=C(CC(C)(C)CC3=O)N(CCc3ccccc3)C3=C2C(=O)CC(C)(C)C3)cc(OCC)c1Oc1ccc([N+](=O)[O-])cc1[N+](=O)[O-]. The van der Waals surface area contributed by atoms with Gasteiger partial charge in [0.25, 0.3) is 5.69 Å². The molecule has 11 nitrogen and oxygen atoms in total. The van der Waals surface area contributed by atoms with E-state index in [9.17, 15) is 29.8 Å². The minimum atomic E-state index is -0.732. The van der Waals surface area contributed by atoms with E-state index in [4.69, 9.17) is 9.47 Å². The Kier molecular flexibility index (Phi) is 10.1. The van der Waals surface area contributed by atoms with Crippen molar-refractivity contribution >= 4 is 22.9 Å². The van der Waals surface area contributed by atoms with Crippen molar-refractivity contribution in [3.05, 3.63) is 133 Å². The number of hydrogen-bond acceptors (Lipinski definition) is 9. The Labute approximate surface area is 309 Å². The molecule has 0 aromatic heterocycles. The number of carbonyl (C=O) groups excluding carboxylic acids is 2. The average Bonchev–Trinajstić information content (AvgIpc) is 3.08. The van der Waals surface area contributed by atoms with Crippen LogP contribution in [0, 0.1) is 31.1 Å². The first-order valence-corrected chi connectivity index (χ1v) is 18.0. The van der Waals surface area contributed by atoms with Crippen molar-refractivity contribution in [2.24, 2.45) is 10.8 Å². The summed E-state index contributed by atoms with van der Waals surface area (Å²) in [6, 6.07) is 17.0. The van der Waals surface area contributed by atoms with Crippen LogP contribution in [0.1, 0.15) is 82.9 Å². The largest absolute Gasteiger partial charge is 0.490 e. The first-order chi connectivity index (χ1) is 25.1. The molecule has 0 bridgehead atoms. The van der Waals surface area contributed by atoms with Gasteiger partial charge in [0.05, 0.1) is 22.5 Å². The normalized spacial score (nSPS) is 18.0. The number of Topliss-reactive ketones (excluding diaryl/α,β-unsaturated/α-hetero) is 2. The van der Waals surface area contributed by atoms with Gasteiger partial charge in [-0.1, -0.05) is 70.2 Å². The third-order valence-electron chi connectivity index (χ3n) is 10.2. The third-order valence-corrected chi connectivity index (χ3v) is 10.2. The van der Waals surface area contributed by atoms with Crippen LogP contribution in [0.15, 0.2) is 95.9 Å². The smallest absolute Gasteiger partial charge is 0.318 e. The Balaban J connectivity index is 1.56. The molecule has 11 heteroatoms. The summed E-state index contributed by atoms with van der Waals surface area (Å²) in [6.45, 7) is 15.0. The van der Waals surface area contributed by atoms with Crippen molar-refractivity contribution < 1.29 is 28.9 Å². The molecular formula is C42H45N3O8. The highest BCUT2D eigenvalue weighted by molar-refractivity contribution is 6.07. The van der Waals surface area contributed by atoms with Crippen LogP contribution >= 0.6 is 0 Å². The maximum absolute atomic E-state index is 14.5. The van der Waals surface area contributed by atoms with Crippen molar-refractivity contribution in [2.45, 2.75) is 79.1 Å². The highest BCUT2D eigenvalue weighted by atomic mass is 16.6. The summed E-state index contributed by atoms with van der Waals surface area (Å²) in [6.07, 6.45) is 4.65. The second kappa shape index (κ2) is 14.4. The molecule has 0 radical (unpaired) electrons. The number of hydrogen-bond donors (Lipinski definition) is 0. The molecule has 53 heavy (non-hydrogen) atoms. The molecule has 0 unspecified atom stereocenters. The predicted octanol–water partition coefficient (Wildman–Crippen LogP) is 9.35. The standard InChI is InChI=1S/C42H45N3O8/c1-7-12-27-19-28(20-36(52-8-2)40(27)53-35-16-15-29(44(48)49)21-30(35)45(50)51)37-38-31(22-41(3,4)24-33(38)46)43(18-17-26-13-10-9-11-14-26)32-23-42(5,6)25-34(47)39(32)37/h7,9-11,13-16,19-21,37H,1,8,12,17-18,22-25H2,2-6H3. The minimum absolute atomic E-state index is 0.000191. The fourth-order valence-electron chi connectivity index (χ4n) is 8.03. The van der Waals surface area contributed by atoms with Gasteiger partial charge in [-0.2, -0.15) is 0 Å². The van der Waals surface area contributed by atoms with Gasteiger partial charge in [0, 0.05) is 59.5 Å². The lowest BCUT2D eigenvalue weighted by atomic mass is 9.63. The molecule has 0 saturated heterocycles. The van der Waals surface area contributed by atoms with Crippen LogP contribution < -0.4 is 9.47 Å². The number of benzene rings is 3. The van der Waals surface area contributed by atoms with Crippen molar-refractivity contribution in [2.75, 3.05) is 13.2 Å². The zero-order valence-electron chi connectivity index (χ0n) is 30.9. The van der Waals surface area contributed by atoms with Crippen LogP contribution in [0.4, 0.5) is 11.4 Å². The Morgan fingerprint density at radius 1 is 0.849 bits per heavy atom. The number of carbonyl (C=O) groups is 2. The molecule has 0 spiro atoms. The summed E-state index contributed by atoms with van der Waals surface area (Å²) < 4.78 is 12.4. The Morgan fingerprint density at radius 2 is 1.47 bits per heavy atom. The van der Waals surface area contributed by atoms with Gasteiger partial charge < -0.3 is 14.4 Å². The highest BCUT2D eigenvalue weighted by Crippen LogP contribution is 2.55. The van der Waals surface area contributed by atoms with E-state index < -0.39 is 27.1 Å². The molecule has 276 valence electrons. The summed E-state index contributed by atoms with van der Waals surface area (Å²) in [7, 11) is 0. The van der Waals surface area contributed by atoms with E-state index in [0.29, 0.717) is 54.5 Å². The Hall–Kier alpha value is -5.58. The van der Waals surface area contributed by atoms with Gasteiger partial charge in [0.2, 0.25) is 5.75 Å². The van der Waals surface area contributed by atoms with E-state index in [0.717, 1.165) is 29.9 Å². The van der Waals surface area contributed by atoms with Gasteiger partial charge in [-0.15, -0.1) is 6.58 Å². The average molecular weight is 720 g/mol.